The van der Waals surface area contributed by atoms with E-state index in [9.17, 15) is 18.3 Å². The van der Waals surface area contributed by atoms with Crippen LogP contribution in [0.25, 0.3) is 10.9 Å². The van der Waals surface area contributed by atoms with Crippen LogP contribution in [0.15, 0.2) is 73.2 Å². The lowest BCUT2D eigenvalue weighted by Gasteiger charge is -2.25. The molecule has 4 aromatic rings. The van der Waals surface area contributed by atoms with Gasteiger partial charge in [0.1, 0.15) is 0 Å². The van der Waals surface area contributed by atoms with Crippen LogP contribution >= 0.6 is 0 Å². The molecular weight excluding hydrogens is 526 g/mol. The van der Waals surface area contributed by atoms with Crippen LogP contribution < -0.4 is 14.9 Å². The molecule has 2 atom stereocenters. The second kappa shape index (κ2) is 11.8. The summed E-state index contributed by atoms with van der Waals surface area (Å²) in [6, 6.07) is 16.4. The number of carbonyl (C=O) groups excluding carboxylic acids is 1. The summed E-state index contributed by atoms with van der Waals surface area (Å²) in [5.74, 6) is -0.375. The molecule has 2 aromatic heterocycles. The first kappa shape index (κ1) is 27.8. The lowest BCUT2D eigenvalue weighted by molar-refractivity contribution is 0.0830. The van der Waals surface area contributed by atoms with Crippen LogP contribution in [0.5, 0.6) is 0 Å². The Morgan fingerprint density at radius 1 is 1.12 bits per heavy atom. The molecular formula is C30H35N5O4S. The van der Waals surface area contributed by atoms with Crippen molar-refractivity contribution in [3.8, 4) is 0 Å². The van der Waals surface area contributed by atoms with E-state index in [-0.39, 0.29) is 18.2 Å². The summed E-state index contributed by atoms with van der Waals surface area (Å²) in [7, 11) is -1.99. The number of nitrogens with one attached hydrogen (secondary N) is 2. The molecule has 0 saturated heterocycles. The highest BCUT2D eigenvalue weighted by Crippen LogP contribution is 2.35. The third kappa shape index (κ3) is 5.89. The summed E-state index contributed by atoms with van der Waals surface area (Å²) in [4.78, 5) is 17.8. The molecule has 0 fully saturated rings. The minimum Gasteiger partial charge on any atom is -0.390 e. The van der Waals surface area contributed by atoms with Gasteiger partial charge in [-0.05, 0) is 47.7 Å². The molecule has 0 radical (unpaired) electrons. The van der Waals surface area contributed by atoms with Crippen LogP contribution in [0.1, 0.15) is 34.0 Å². The maximum Gasteiger partial charge on any atom is 0.251 e. The highest BCUT2D eigenvalue weighted by Gasteiger charge is 2.29. The van der Waals surface area contributed by atoms with Crippen LogP contribution in [-0.4, -0.2) is 60.5 Å². The normalized spacial score (nSPS) is 15.9. The molecule has 210 valence electrons. The number of benzene rings is 2. The van der Waals surface area contributed by atoms with E-state index >= 15 is 0 Å². The monoisotopic (exact) mass is 561 g/mol. The fourth-order valence-corrected chi connectivity index (χ4v) is 6.37. The van der Waals surface area contributed by atoms with Gasteiger partial charge >= 0.3 is 0 Å². The van der Waals surface area contributed by atoms with Crippen molar-refractivity contribution in [1.82, 2.24) is 20.2 Å². The van der Waals surface area contributed by atoms with Gasteiger partial charge in [0.2, 0.25) is 10.0 Å². The SMILES string of the molecule is CCc1cn2c3c(cc(C(=O)N[C@@H](Cc4ccccc4)[C@H](O)CNCc4cccnc4)cc13)N(C)S(=O)(=O)CC2. The molecule has 0 aliphatic carbocycles. The van der Waals surface area contributed by atoms with Gasteiger partial charge in [-0.2, -0.15) is 0 Å². The van der Waals surface area contributed by atoms with Crippen molar-refractivity contribution in [2.24, 2.45) is 0 Å². The Morgan fingerprint density at radius 2 is 1.90 bits per heavy atom. The van der Waals surface area contributed by atoms with Crippen molar-refractivity contribution < 1.29 is 18.3 Å². The molecule has 1 amide bonds. The van der Waals surface area contributed by atoms with E-state index in [1.165, 1.54) is 11.4 Å². The van der Waals surface area contributed by atoms with Crippen LogP contribution in [0, 0.1) is 0 Å². The average molecular weight is 562 g/mol. The van der Waals surface area contributed by atoms with Gasteiger partial charge in [0, 0.05) is 56.2 Å². The van der Waals surface area contributed by atoms with Crippen LogP contribution in [0.2, 0.25) is 0 Å². The Bertz CT molecular complexity index is 1590. The standard InChI is InChI=1S/C30H35N5O4S/c1-3-23-20-35-12-13-40(38,39)34(2)27-16-24(15-25(23)29(27)35)30(37)33-26(14-21-8-5-4-6-9-21)28(36)19-32-18-22-10-7-11-31-17-22/h4-11,15-17,20,26,28,32,36H,3,12-14,18-19H2,1-2H3,(H,33,37)/t26-,28+/m0/s1. The van der Waals surface area contributed by atoms with Gasteiger partial charge in [-0.3, -0.25) is 14.1 Å². The average Bonchev–Trinajstić information content (AvgIpc) is 3.29. The van der Waals surface area contributed by atoms with Gasteiger partial charge < -0.3 is 20.3 Å². The third-order valence-corrected chi connectivity index (χ3v) is 9.24. The maximum absolute atomic E-state index is 13.7. The number of anilines is 1. The number of sulfonamides is 1. The zero-order chi connectivity index (χ0) is 28.3. The third-order valence-electron chi connectivity index (χ3n) is 7.51. The van der Waals surface area contributed by atoms with Crippen molar-refractivity contribution in [3.63, 3.8) is 0 Å². The van der Waals surface area contributed by atoms with Crippen LogP contribution in [0.3, 0.4) is 0 Å². The lowest BCUT2D eigenvalue weighted by atomic mass is 9.99. The van der Waals surface area contributed by atoms with E-state index in [1.54, 1.807) is 18.5 Å². The zero-order valence-electron chi connectivity index (χ0n) is 22.7. The topological polar surface area (TPSA) is 117 Å². The van der Waals surface area contributed by atoms with Crippen molar-refractivity contribution in [2.75, 3.05) is 23.7 Å². The molecule has 10 heteroatoms. The van der Waals surface area contributed by atoms with Gasteiger partial charge in [-0.1, -0.05) is 43.3 Å². The molecule has 9 nitrogen and oxygen atoms in total. The fraction of sp³-hybridized carbons (Fsp3) is 0.333. The summed E-state index contributed by atoms with van der Waals surface area (Å²) in [5, 5.41) is 18.3. The molecule has 0 unspecified atom stereocenters. The van der Waals surface area contributed by atoms with E-state index in [2.05, 4.69) is 15.6 Å². The Morgan fingerprint density at radius 3 is 2.62 bits per heavy atom. The van der Waals surface area contributed by atoms with E-state index in [0.29, 0.717) is 30.8 Å². The summed E-state index contributed by atoms with van der Waals surface area (Å²) in [6.45, 7) is 3.21. The first-order valence-corrected chi connectivity index (χ1v) is 15.1. The van der Waals surface area contributed by atoms with Gasteiger partial charge in [0.15, 0.2) is 0 Å². The summed E-state index contributed by atoms with van der Waals surface area (Å²) >= 11 is 0. The summed E-state index contributed by atoms with van der Waals surface area (Å²) in [5.41, 5.74) is 4.69. The quantitative estimate of drug-likeness (QED) is 0.274. The summed E-state index contributed by atoms with van der Waals surface area (Å²) < 4.78 is 29.0. The van der Waals surface area contributed by atoms with Crippen molar-refractivity contribution >= 4 is 32.5 Å². The number of nitrogens with zero attached hydrogens (tertiary/aromatic N) is 3. The fourth-order valence-electron chi connectivity index (χ4n) is 5.23. The molecule has 5 rings (SSSR count). The molecule has 40 heavy (non-hydrogen) atoms. The predicted octanol–water partition coefficient (Wildman–Crippen LogP) is 2.87. The molecule has 1 aliphatic heterocycles. The molecule has 0 saturated carbocycles. The van der Waals surface area contributed by atoms with E-state index in [4.69, 9.17) is 0 Å². The molecule has 3 N–H and O–H groups in total. The minimum absolute atomic E-state index is 0.00989. The summed E-state index contributed by atoms with van der Waals surface area (Å²) in [6.07, 6.45) is 5.78. The number of rotatable bonds is 10. The number of hydrogen-bond donors (Lipinski definition) is 3. The Hall–Kier alpha value is -3.73. The number of pyridine rings is 1. The largest absolute Gasteiger partial charge is 0.390 e. The number of hydrogen-bond acceptors (Lipinski definition) is 6. The Kier molecular flexibility index (Phi) is 8.20. The minimum atomic E-state index is -3.53. The molecule has 2 aromatic carbocycles. The molecule has 0 bridgehead atoms. The Balaban J connectivity index is 1.42. The number of aliphatic hydroxyl groups excluding tert-OH is 1. The van der Waals surface area contributed by atoms with Crippen molar-refractivity contribution in [1.29, 1.82) is 0 Å². The number of amides is 1. The molecule has 0 spiro atoms. The number of aromatic nitrogens is 2. The Labute approximate surface area is 234 Å². The first-order chi connectivity index (χ1) is 19.3. The van der Waals surface area contributed by atoms with Crippen LogP contribution in [-0.2, 0) is 36.0 Å². The van der Waals surface area contributed by atoms with Crippen molar-refractivity contribution in [3.05, 3.63) is 95.4 Å². The number of aliphatic hydroxyl groups is 1. The van der Waals surface area contributed by atoms with Gasteiger partial charge in [-0.15, -0.1) is 0 Å². The van der Waals surface area contributed by atoms with Gasteiger partial charge in [0.05, 0.1) is 29.1 Å². The highest BCUT2D eigenvalue weighted by molar-refractivity contribution is 7.92. The van der Waals surface area contributed by atoms with E-state index in [1.807, 2.05) is 66.2 Å². The lowest BCUT2D eigenvalue weighted by Crippen LogP contribution is -2.48. The second-order valence-corrected chi connectivity index (χ2v) is 12.3. The van der Waals surface area contributed by atoms with E-state index < -0.39 is 22.2 Å². The number of aryl methyl sites for hydroxylation is 2. The molecule has 3 heterocycles. The first-order valence-electron chi connectivity index (χ1n) is 13.5. The number of carbonyl (C=O) groups is 1. The highest BCUT2D eigenvalue weighted by atomic mass is 32.2. The zero-order valence-corrected chi connectivity index (χ0v) is 23.6. The molecule has 1 aliphatic rings. The predicted molar refractivity (Wildman–Crippen MR) is 157 cm³/mol. The van der Waals surface area contributed by atoms with Crippen LogP contribution in [0.4, 0.5) is 5.69 Å². The van der Waals surface area contributed by atoms with Gasteiger partial charge in [-0.25, -0.2) is 8.42 Å². The van der Waals surface area contributed by atoms with E-state index in [0.717, 1.165) is 34.0 Å². The second-order valence-electron chi connectivity index (χ2n) is 10.2. The maximum atomic E-state index is 13.7. The van der Waals surface area contributed by atoms with Crippen molar-refractivity contribution in [2.45, 2.75) is 45.0 Å². The van der Waals surface area contributed by atoms with Gasteiger partial charge in [0.25, 0.3) is 5.91 Å². The smallest absolute Gasteiger partial charge is 0.251 e.